The zero-order valence-corrected chi connectivity index (χ0v) is 9.65. The van der Waals surface area contributed by atoms with Crippen LogP contribution >= 0.6 is 0 Å². The highest BCUT2D eigenvalue weighted by atomic mass is 16.5. The summed E-state index contributed by atoms with van der Waals surface area (Å²) in [6.45, 7) is 3.75. The van der Waals surface area contributed by atoms with Crippen LogP contribution in [0.1, 0.15) is 16.7 Å². The quantitative estimate of drug-likeness (QED) is 0.809. The summed E-state index contributed by atoms with van der Waals surface area (Å²) in [6, 6.07) is 3.69. The number of benzene rings is 1. The highest BCUT2D eigenvalue weighted by Crippen LogP contribution is 2.23. The van der Waals surface area contributed by atoms with Crippen LogP contribution in [0.25, 0.3) is 0 Å². The molecule has 0 amide bonds. The van der Waals surface area contributed by atoms with E-state index in [1.54, 1.807) is 7.11 Å². The summed E-state index contributed by atoms with van der Waals surface area (Å²) in [5.74, 6) is -0.432. The monoisotopic (exact) mass is 224 g/mol. The third-order valence-electron chi connectivity index (χ3n) is 2.55. The average Bonchev–Trinajstić information content (AvgIpc) is 2.22. The van der Waals surface area contributed by atoms with E-state index < -0.39 is 12.1 Å². The Balaban J connectivity index is 2.98. The molecule has 16 heavy (non-hydrogen) atoms. The summed E-state index contributed by atoms with van der Waals surface area (Å²) in [6.07, 6.45) is -1.24. The van der Waals surface area contributed by atoms with Crippen LogP contribution in [0.5, 0.6) is 5.75 Å². The van der Waals surface area contributed by atoms with Gasteiger partial charge in [0.2, 0.25) is 0 Å². The number of aliphatic hydroxyl groups excluding tert-OH is 1. The highest BCUT2D eigenvalue weighted by molar-refractivity contribution is 5.72. The van der Waals surface area contributed by atoms with Crippen LogP contribution < -0.4 is 4.74 Å². The van der Waals surface area contributed by atoms with E-state index in [-0.39, 0.29) is 6.42 Å². The molecule has 0 aliphatic carbocycles. The van der Waals surface area contributed by atoms with Gasteiger partial charge in [0.15, 0.2) is 6.10 Å². The molecule has 1 rings (SSSR count). The Kier molecular flexibility index (Phi) is 3.90. The topological polar surface area (TPSA) is 66.8 Å². The van der Waals surface area contributed by atoms with Crippen LogP contribution in [0, 0.1) is 13.8 Å². The lowest BCUT2D eigenvalue weighted by molar-refractivity contribution is -0.146. The van der Waals surface area contributed by atoms with Gasteiger partial charge in [0.25, 0.3) is 0 Å². The van der Waals surface area contributed by atoms with Gasteiger partial charge in [-0.3, -0.25) is 0 Å². The molecule has 2 N–H and O–H groups in total. The normalized spacial score (nSPS) is 12.2. The number of aliphatic hydroxyl groups is 1. The minimum Gasteiger partial charge on any atom is -0.496 e. The van der Waals surface area contributed by atoms with Crippen LogP contribution in [-0.4, -0.2) is 29.4 Å². The smallest absolute Gasteiger partial charge is 0.332 e. The minimum atomic E-state index is -1.36. The fraction of sp³-hybridized carbons (Fsp3) is 0.417. The molecule has 1 unspecified atom stereocenters. The summed E-state index contributed by atoms with van der Waals surface area (Å²) in [5, 5.41) is 17.9. The van der Waals surface area contributed by atoms with Crippen molar-refractivity contribution in [3.8, 4) is 5.75 Å². The lowest BCUT2D eigenvalue weighted by Crippen LogP contribution is -2.22. The Labute approximate surface area is 94.5 Å². The summed E-state index contributed by atoms with van der Waals surface area (Å²) in [7, 11) is 1.59. The van der Waals surface area contributed by atoms with E-state index in [1.807, 2.05) is 26.0 Å². The molecular weight excluding hydrogens is 208 g/mol. The van der Waals surface area contributed by atoms with Crippen molar-refractivity contribution in [3.63, 3.8) is 0 Å². The Hall–Kier alpha value is -1.55. The molecule has 0 saturated carbocycles. The first-order valence-corrected chi connectivity index (χ1v) is 5.00. The van der Waals surface area contributed by atoms with Crippen LogP contribution in [0.2, 0.25) is 0 Å². The molecule has 4 nitrogen and oxygen atoms in total. The van der Waals surface area contributed by atoms with E-state index in [4.69, 9.17) is 9.84 Å². The number of hydrogen-bond donors (Lipinski definition) is 2. The maximum atomic E-state index is 10.5. The molecule has 1 atom stereocenters. The van der Waals surface area contributed by atoms with Gasteiger partial charge in [-0.05, 0) is 36.6 Å². The highest BCUT2D eigenvalue weighted by Gasteiger charge is 2.15. The van der Waals surface area contributed by atoms with E-state index in [1.165, 1.54) is 0 Å². The molecule has 88 valence electrons. The number of carboxylic acid groups (broad SMARTS) is 1. The molecule has 0 heterocycles. The molecule has 4 heteroatoms. The number of rotatable bonds is 4. The summed E-state index contributed by atoms with van der Waals surface area (Å²) < 4.78 is 5.15. The summed E-state index contributed by atoms with van der Waals surface area (Å²) in [5.41, 5.74) is 2.68. The molecule has 0 fully saturated rings. The second-order valence-corrected chi connectivity index (χ2v) is 3.81. The molecular formula is C12H16O4. The Morgan fingerprint density at radius 3 is 2.50 bits per heavy atom. The molecule has 1 aromatic rings. The number of carboxylic acids is 1. The van der Waals surface area contributed by atoms with Gasteiger partial charge in [-0.2, -0.15) is 0 Å². The van der Waals surface area contributed by atoms with Gasteiger partial charge in [-0.1, -0.05) is 6.07 Å². The summed E-state index contributed by atoms with van der Waals surface area (Å²) >= 11 is 0. The van der Waals surface area contributed by atoms with Crippen molar-refractivity contribution in [2.45, 2.75) is 26.4 Å². The minimum absolute atomic E-state index is 0.117. The Morgan fingerprint density at radius 2 is 2.00 bits per heavy atom. The van der Waals surface area contributed by atoms with Crippen molar-refractivity contribution in [1.82, 2.24) is 0 Å². The lowest BCUT2D eigenvalue weighted by atomic mass is 9.99. The van der Waals surface area contributed by atoms with E-state index in [2.05, 4.69) is 0 Å². The number of methoxy groups -OCH3 is 1. The molecule has 0 aromatic heterocycles. The maximum Gasteiger partial charge on any atom is 0.332 e. The SMILES string of the molecule is COc1cc(C)c(CC(O)C(=O)O)cc1C. The fourth-order valence-electron chi connectivity index (χ4n) is 1.58. The van der Waals surface area contributed by atoms with Gasteiger partial charge in [0, 0.05) is 6.42 Å². The van der Waals surface area contributed by atoms with Gasteiger partial charge in [0.1, 0.15) is 5.75 Å². The van der Waals surface area contributed by atoms with E-state index in [9.17, 15) is 9.90 Å². The number of carbonyl (C=O) groups is 1. The zero-order chi connectivity index (χ0) is 12.3. The zero-order valence-electron chi connectivity index (χ0n) is 9.65. The van der Waals surface area contributed by atoms with Crippen LogP contribution in [0.4, 0.5) is 0 Å². The third kappa shape index (κ3) is 2.73. The van der Waals surface area contributed by atoms with Gasteiger partial charge >= 0.3 is 5.97 Å². The second kappa shape index (κ2) is 4.99. The van der Waals surface area contributed by atoms with Crippen molar-refractivity contribution in [2.24, 2.45) is 0 Å². The number of hydrogen-bond acceptors (Lipinski definition) is 3. The van der Waals surface area contributed by atoms with Crippen molar-refractivity contribution < 1.29 is 19.7 Å². The van der Waals surface area contributed by atoms with Crippen molar-refractivity contribution in [2.75, 3.05) is 7.11 Å². The third-order valence-corrected chi connectivity index (χ3v) is 2.55. The molecule has 0 aliphatic heterocycles. The molecule has 1 aromatic carbocycles. The predicted octanol–water partition coefficient (Wildman–Crippen LogP) is 1.30. The van der Waals surface area contributed by atoms with Gasteiger partial charge in [0.05, 0.1) is 7.11 Å². The largest absolute Gasteiger partial charge is 0.496 e. The summed E-state index contributed by atoms with van der Waals surface area (Å²) in [4.78, 5) is 10.5. The van der Waals surface area contributed by atoms with Gasteiger partial charge in [-0.25, -0.2) is 4.79 Å². The second-order valence-electron chi connectivity index (χ2n) is 3.81. The molecule has 0 saturated heterocycles. The van der Waals surface area contributed by atoms with Crippen molar-refractivity contribution in [1.29, 1.82) is 0 Å². The first kappa shape index (κ1) is 12.5. The lowest BCUT2D eigenvalue weighted by Gasteiger charge is -2.12. The van der Waals surface area contributed by atoms with Crippen LogP contribution in [0.3, 0.4) is 0 Å². The predicted molar refractivity (Wildman–Crippen MR) is 59.8 cm³/mol. The molecule has 0 aliphatic rings. The number of aliphatic carboxylic acids is 1. The van der Waals surface area contributed by atoms with E-state index in [0.29, 0.717) is 0 Å². The standard InChI is InChI=1S/C12H16O4/c1-7-5-11(16-3)8(2)4-9(7)6-10(13)12(14)15/h4-5,10,13H,6H2,1-3H3,(H,14,15). The van der Waals surface area contributed by atoms with Crippen LogP contribution in [-0.2, 0) is 11.2 Å². The Bertz CT molecular complexity index is 398. The Morgan fingerprint density at radius 1 is 1.38 bits per heavy atom. The number of aryl methyl sites for hydroxylation is 2. The first-order valence-electron chi connectivity index (χ1n) is 5.00. The fourth-order valence-corrected chi connectivity index (χ4v) is 1.58. The first-order chi connectivity index (χ1) is 7.45. The van der Waals surface area contributed by atoms with Gasteiger partial charge < -0.3 is 14.9 Å². The van der Waals surface area contributed by atoms with E-state index in [0.717, 1.165) is 22.4 Å². The van der Waals surface area contributed by atoms with Crippen LogP contribution in [0.15, 0.2) is 12.1 Å². The van der Waals surface area contributed by atoms with Crippen molar-refractivity contribution >= 4 is 5.97 Å². The number of ether oxygens (including phenoxy) is 1. The molecule has 0 radical (unpaired) electrons. The maximum absolute atomic E-state index is 10.5. The molecule has 0 spiro atoms. The van der Waals surface area contributed by atoms with Gasteiger partial charge in [-0.15, -0.1) is 0 Å². The molecule has 0 bridgehead atoms. The average molecular weight is 224 g/mol. The van der Waals surface area contributed by atoms with E-state index >= 15 is 0 Å². The van der Waals surface area contributed by atoms with Crippen molar-refractivity contribution in [3.05, 3.63) is 28.8 Å².